The number of nitrogens with one attached hydrogen (secondary N) is 4. The van der Waals surface area contributed by atoms with E-state index in [1.54, 1.807) is 5.32 Å². The number of rotatable bonds is 6. The number of anilines is 1. The fraction of sp³-hybridized carbons (Fsp3) is 0.278. The van der Waals surface area contributed by atoms with Gasteiger partial charge < -0.3 is 15.6 Å². The molecule has 3 rings (SSSR count). The Morgan fingerprint density at radius 3 is 2.55 bits per heavy atom. The van der Waals surface area contributed by atoms with Crippen LogP contribution in [0.5, 0.6) is 0 Å². The summed E-state index contributed by atoms with van der Waals surface area (Å²) in [5, 5.41) is 4.69. The van der Waals surface area contributed by atoms with Crippen LogP contribution in [0.2, 0.25) is 0 Å². The average Bonchev–Trinajstić information content (AvgIpc) is 3.07. The van der Waals surface area contributed by atoms with Gasteiger partial charge in [0.15, 0.2) is 5.82 Å². The zero-order valence-electron chi connectivity index (χ0n) is 16.2. The van der Waals surface area contributed by atoms with Crippen LogP contribution in [0.25, 0.3) is 22.4 Å². The van der Waals surface area contributed by atoms with Gasteiger partial charge in [-0.25, -0.2) is 19.3 Å². The van der Waals surface area contributed by atoms with Gasteiger partial charge >= 0.3 is 6.18 Å². The second kappa shape index (κ2) is 7.81. The van der Waals surface area contributed by atoms with Crippen LogP contribution < -0.4 is 16.4 Å². The van der Waals surface area contributed by atoms with Crippen LogP contribution >= 0.6 is 0 Å². The highest BCUT2D eigenvalue weighted by atomic mass is 19.4. The molecule has 0 fully saturated rings. The Labute approximate surface area is 172 Å². The predicted molar refractivity (Wildman–Crippen MR) is 101 cm³/mol. The number of aromatic amines is 1. The van der Waals surface area contributed by atoms with Crippen LogP contribution in [0.3, 0.4) is 0 Å². The number of amides is 2. The van der Waals surface area contributed by atoms with Crippen molar-refractivity contribution >= 4 is 28.7 Å². The fourth-order valence-corrected chi connectivity index (χ4v) is 2.69. The number of H-pyrrole nitrogens is 1. The third-order valence-corrected chi connectivity index (χ3v) is 4.22. The number of hydrogen-bond acceptors (Lipinski definition) is 6. The monoisotopic (exact) mass is 438 g/mol. The number of aromatic nitrogens is 4. The molecule has 3 heterocycles. The quantitative estimate of drug-likeness (QED) is 0.506. The summed E-state index contributed by atoms with van der Waals surface area (Å²) >= 11 is 0. The Hall–Kier alpha value is -3.77. The van der Waals surface area contributed by atoms with Crippen LogP contribution in [0.1, 0.15) is 24.2 Å². The van der Waals surface area contributed by atoms with Gasteiger partial charge in [-0.1, -0.05) is 0 Å². The molecule has 3 aromatic heterocycles. The van der Waals surface area contributed by atoms with Crippen molar-refractivity contribution in [1.82, 2.24) is 31.0 Å². The minimum atomic E-state index is -4.60. The van der Waals surface area contributed by atoms with Crippen molar-refractivity contribution in [1.29, 1.82) is 0 Å². The maximum atomic E-state index is 13.6. The van der Waals surface area contributed by atoms with Gasteiger partial charge in [0.1, 0.15) is 34.9 Å². The van der Waals surface area contributed by atoms with Crippen molar-refractivity contribution in [3.63, 3.8) is 0 Å². The molecule has 0 saturated heterocycles. The standard InChI is InChI=1S/C18H16F4N7O2/c1-17(2,16(31)27-7-18(20,21)22)29-15-11(12(23)30)6-26-14(28-15)10-5-25-13-9(10)3-8(19)4-24-13/h3-6,23H,7H2,1-2H3,(H,24,25)(H,27,31)(H,26,28,29). The second-order valence-electron chi connectivity index (χ2n) is 7.08. The molecular weight excluding hydrogens is 422 g/mol. The number of hydrogen-bond donors (Lipinski definition) is 3. The normalized spacial score (nSPS) is 12.1. The van der Waals surface area contributed by atoms with E-state index in [1.807, 2.05) is 0 Å². The van der Waals surface area contributed by atoms with E-state index in [0.29, 0.717) is 16.6 Å². The first-order valence-electron chi connectivity index (χ1n) is 8.76. The third kappa shape index (κ3) is 4.87. The van der Waals surface area contributed by atoms with E-state index in [9.17, 15) is 27.2 Å². The molecule has 163 valence electrons. The Morgan fingerprint density at radius 1 is 1.19 bits per heavy atom. The Morgan fingerprint density at radius 2 is 1.90 bits per heavy atom. The van der Waals surface area contributed by atoms with Crippen molar-refractivity contribution < 1.29 is 27.2 Å². The lowest BCUT2D eigenvalue weighted by Gasteiger charge is -2.26. The first-order valence-corrected chi connectivity index (χ1v) is 8.76. The molecule has 4 N–H and O–H groups in total. The maximum absolute atomic E-state index is 13.6. The van der Waals surface area contributed by atoms with Gasteiger partial charge in [-0.2, -0.15) is 13.2 Å². The van der Waals surface area contributed by atoms with E-state index < -0.39 is 35.9 Å². The molecule has 0 aromatic carbocycles. The van der Waals surface area contributed by atoms with Gasteiger partial charge in [-0.3, -0.25) is 15.3 Å². The molecule has 9 nitrogen and oxygen atoms in total. The highest BCUT2D eigenvalue weighted by Gasteiger charge is 2.34. The molecule has 1 radical (unpaired) electrons. The summed E-state index contributed by atoms with van der Waals surface area (Å²) in [5.74, 6) is -3.01. The Kier molecular flexibility index (Phi) is 5.53. The smallest absolute Gasteiger partial charge is 0.356 e. The maximum Gasteiger partial charge on any atom is 0.405 e. The molecule has 0 saturated carbocycles. The summed E-state index contributed by atoms with van der Waals surface area (Å²) < 4.78 is 50.8. The number of nitrogens with zero attached hydrogens (tertiary/aromatic N) is 3. The summed E-state index contributed by atoms with van der Waals surface area (Å²) in [6.07, 6.45) is -1.09. The van der Waals surface area contributed by atoms with E-state index >= 15 is 0 Å². The van der Waals surface area contributed by atoms with Gasteiger partial charge in [0.2, 0.25) is 5.91 Å². The van der Waals surface area contributed by atoms with Crippen molar-refractivity contribution in [3.8, 4) is 11.4 Å². The topological polar surface area (TPSA) is 136 Å². The van der Waals surface area contributed by atoms with Gasteiger partial charge in [0.05, 0.1) is 6.20 Å². The van der Waals surface area contributed by atoms with Crippen molar-refractivity contribution in [3.05, 3.63) is 36.0 Å². The van der Waals surface area contributed by atoms with Crippen molar-refractivity contribution in [2.24, 2.45) is 0 Å². The van der Waals surface area contributed by atoms with E-state index in [0.717, 1.165) is 12.4 Å². The van der Waals surface area contributed by atoms with Crippen LogP contribution in [-0.2, 0) is 4.79 Å². The molecule has 2 amide bonds. The summed E-state index contributed by atoms with van der Waals surface area (Å²) in [6, 6.07) is 1.20. The Bertz CT molecular complexity index is 1160. The molecule has 0 aliphatic heterocycles. The number of halogens is 4. The lowest BCUT2D eigenvalue weighted by molar-refractivity contribution is -0.140. The van der Waals surface area contributed by atoms with Gasteiger partial charge in [-0.15, -0.1) is 0 Å². The average molecular weight is 438 g/mol. The number of carbonyl (C=O) groups excluding carboxylic acids is 2. The number of fused-ring (bicyclic) bond motifs is 1. The second-order valence-corrected chi connectivity index (χ2v) is 7.08. The van der Waals surface area contributed by atoms with Crippen LogP contribution in [0, 0.1) is 5.82 Å². The van der Waals surface area contributed by atoms with Crippen LogP contribution in [0.15, 0.2) is 24.7 Å². The number of carbonyl (C=O) groups is 2. The third-order valence-electron chi connectivity index (χ3n) is 4.22. The highest BCUT2D eigenvalue weighted by Crippen LogP contribution is 2.28. The first kappa shape index (κ1) is 21.9. The summed E-state index contributed by atoms with van der Waals surface area (Å²) in [6.45, 7) is 1.03. The molecule has 0 aliphatic rings. The predicted octanol–water partition coefficient (Wildman–Crippen LogP) is 2.45. The Balaban J connectivity index is 1.98. The van der Waals surface area contributed by atoms with Gasteiger partial charge in [0.25, 0.3) is 5.91 Å². The van der Waals surface area contributed by atoms with E-state index in [4.69, 9.17) is 5.73 Å². The van der Waals surface area contributed by atoms with Crippen molar-refractivity contribution in [2.75, 3.05) is 11.9 Å². The SMILES string of the molecule is CC(C)(Nc1nc(-c2c[nH]c3ncc(F)cc23)ncc1C([NH])=O)C(=O)NCC(F)(F)F. The first-order chi connectivity index (χ1) is 14.4. The summed E-state index contributed by atoms with van der Waals surface area (Å²) in [7, 11) is 0. The van der Waals surface area contributed by atoms with E-state index in [-0.39, 0.29) is 17.2 Å². The lowest BCUT2D eigenvalue weighted by atomic mass is 10.0. The number of pyridine rings is 1. The minimum Gasteiger partial charge on any atom is -0.356 e. The van der Waals surface area contributed by atoms with E-state index in [1.165, 1.54) is 26.1 Å². The summed E-state index contributed by atoms with van der Waals surface area (Å²) in [5.41, 5.74) is 6.11. The molecule has 0 unspecified atom stereocenters. The largest absolute Gasteiger partial charge is 0.405 e. The fourth-order valence-electron chi connectivity index (χ4n) is 2.69. The zero-order chi connectivity index (χ0) is 23.0. The molecule has 31 heavy (non-hydrogen) atoms. The molecule has 0 aliphatic carbocycles. The van der Waals surface area contributed by atoms with Crippen LogP contribution in [-0.4, -0.2) is 50.0 Å². The molecule has 0 spiro atoms. The summed E-state index contributed by atoms with van der Waals surface area (Å²) in [4.78, 5) is 38.8. The highest BCUT2D eigenvalue weighted by molar-refractivity contribution is 5.99. The van der Waals surface area contributed by atoms with Crippen molar-refractivity contribution in [2.45, 2.75) is 25.6 Å². The van der Waals surface area contributed by atoms with Crippen LogP contribution in [0.4, 0.5) is 23.4 Å². The van der Waals surface area contributed by atoms with Gasteiger partial charge in [0, 0.05) is 23.3 Å². The number of alkyl halides is 3. The molecule has 0 atom stereocenters. The molecule has 13 heteroatoms. The zero-order valence-corrected chi connectivity index (χ0v) is 16.2. The molecular formula is C18H16F4N7O2. The van der Waals surface area contributed by atoms with E-state index in [2.05, 4.69) is 25.3 Å². The molecule has 3 aromatic rings. The minimum absolute atomic E-state index is 0.0117. The van der Waals surface area contributed by atoms with Gasteiger partial charge in [-0.05, 0) is 19.9 Å². The lowest BCUT2D eigenvalue weighted by Crippen LogP contribution is -2.50. The molecule has 0 bridgehead atoms.